The Labute approximate surface area is 218 Å². The average molecular weight is 476 g/mol. The van der Waals surface area contributed by atoms with Crippen LogP contribution in [-0.2, 0) is 10.8 Å². The lowest BCUT2D eigenvalue weighted by atomic mass is 9.80. The van der Waals surface area contributed by atoms with Gasteiger partial charge in [-0.05, 0) is 62.7 Å². The summed E-state index contributed by atoms with van der Waals surface area (Å²) in [5, 5.41) is 2.72. The molecule has 0 aliphatic heterocycles. The van der Waals surface area contributed by atoms with Gasteiger partial charge in [-0.25, -0.2) is 0 Å². The molecule has 0 radical (unpaired) electrons. The Balaban J connectivity index is 1.52. The van der Waals surface area contributed by atoms with Crippen molar-refractivity contribution in [2.24, 2.45) is 0 Å². The SMILES string of the molecule is CC1(C)c2ccccc2-c2cccc(-n3c4ccccc4c4c5c(ccc43)-c3ccccc3C5(C)C)c21. The fourth-order valence-corrected chi connectivity index (χ4v) is 7.60. The highest BCUT2D eigenvalue weighted by Gasteiger charge is 2.40. The van der Waals surface area contributed by atoms with Gasteiger partial charge >= 0.3 is 0 Å². The van der Waals surface area contributed by atoms with Gasteiger partial charge in [0, 0.05) is 21.6 Å². The van der Waals surface area contributed by atoms with Crippen molar-refractivity contribution < 1.29 is 0 Å². The van der Waals surface area contributed by atoms with Crippen molar-refractivity contribution in [2.75, 3.05) is 0 Å². The summed E-state index contributed by atoms with van der Waals surface area (Å²) in [7, 11) is 0. The number of benzene rings is 5. The maximum Gasteiger partial charge on any atom is 0.0544 e. The summed E-state index contributed by atoms with van der Waals surface area (Å²) < 4.78 is 2.54. The van der Waals surface area contributed by atoms with Crippen LogP contribution in [0.4, 0.5) is 0 Å². The van der Waals surface area contributed by atoms with Gasteiger partial charge in [0.05, 0.1) is 16.7 Å². The molecule has 1 aromatic heterocycles. The minimum absolute atomic E-state index is 0.0610. The van der Waals surface area contributed by atoms with Crippen molar-refractivity contribution >= 4 is 21.8 Å². The molecule has 1 heteroatoms. The standard InChI is InChI=1S/C36H29N/c1-35(2)27-16-8-5-12-22(27)24-15-11-19-31(33(24)35)37-29-18-10-7-14-26(29)32-30(37)21-20-25-23-13-6-9-17-28(23)36(3,4)34(25)32/h5-21H,1-4H3. The second kappa shape index (κ2) is 6.81. The van der Waals surface area contributed by atoms with Gasteiger partial charge in [-0.2, -0.15) is 0 Å². The second-order valence-corrected chi connectivity index (χ2v) is 11.8. The third-order valence-corrected chi connectivity index (χ3v) is 9.15. The molecule has 8 rings (SSSR count). The van der Waals surface area contributed by atoms with Crippen LogP contribution in [-0.4, -0.2) is 4.57 Å². The Bertz CT molecular complexity index is 1930. The molecule has 0 atom stereocenters. The van der Waals surface area contributed by atoms with E-state index in [0.717, 1.165) is 0 Å². The van der Waals surface area contributed by atoms with Crippen LogP contribution < -0.4 is 0 Å². The minimum Gasteiger partial charge on any atom is -0.309 e. The lowest BCUT2D eigenvalue weighted by Crippen LogP contribution is -2.18. The summed E-state index contributed by atoms with van der Waals surface area (Å²) in [6.45, 7) is 9.55. The zero-order chi connectivity index (χ0) is 25.1. The van der Waals surface area contributed by atoms with Gasteiger partial charge in [0.1, 0.15) is 0 Å². The van der Waals surface area contributed by atoms with Crippen LogP contribution in [0, 0.1) is 0 Å². The summed E-state index contributed by atoms with van der Waals surface area (Å²) in [6, 6.07) is 38.5. The lowest BCUT2D eigenvalue weighted by molar-refractivity contribution is 0.656. The van der Waals surface area contributed by atoms with Crippen LogP contribution in [0.1, 0.15) is 49.9 Å². The first-order valence-electron chi connectivity index (χ1n) is 13.3. The maximum atomic E-state index is 2.54. The van der Waals surface area contributed by atoms with Crippen LogP contribution in [0.3, 0.4) is 0 Å². The number of aromatic nitrogens is 1. The lowest BCUT2D eigenvalue weighted by Gasteiger charge is -2.25. The molecular formula is C36H29N. The third kappa shape index (κ3) is 2.45. The molecule has 2 aliphatic carbocycles. The summed E-state index contributed by atoms with van der Waals surface area (Å²) in [6.07, 6.45) is 0. The smallest absolute Gasteiger partial charge is 0.0544 e. The number of hydrogen-bond acceptors (Lipinski definition) is 0. The molecule has 37 heavy (non-hydrogen) atoms. The molecule has 0 saturated heterocycles. The van der Waals surface area contributed by atoms with Gasteiger partial charge in [-0.1, -0.05) is 113 Å². The van der Waals surface area contributed by atoms with Crippen molar-refractivity contribution in [3.8, 4) is 27.9 Å². The van der Waals surface area contributed by atoms with Gasteiger partial charge in [-0.15, -0.1) is 0 Å². The Morgan fingerprint density at radius 2 is 1.03 bits per heavy atom. The molecule has 0 saturated carbocycles. The van der Waals surface area contributed by atoms with Crippen LogP contribution in [0.5, 0.6) is 0 Å². The quantitative estimate of drug-likeness (QED) is 0.223. The Kier molecular flexibility index (Phi) is 3.87. The number of hydrogen-bond donors (Lipinski definition) is 0. The van der Waals surface area contributed by atoms with Gasteiger partial charge in [-0.3, -0.25) is 0 Å². The fraction of sp³-hybridized carbons (Fsp3) is 0.167. The minimum atomic E-state index is -0.0769. The summed E-state index contributed by atoms with van der Waals surface area (Å²) >= 11 is 0. The van der Waals surface area contributed by atoms with Gasteiger partial charge in [0.15, 0.2) is 0 Å². The van der Waals surface area contributed by atoms with Gasteiger partial charge in [0.25, 0.3) is 0 Å². The normalized spacial score (nSPS) is 16.0. The second-order valence-electron chi connectivity index (χ2n) is 11.8. The van der Waals surface area contributed by atoms with Crippen LogP contribution >= 0.6 is 0 Å². The van der Waals surface area contributed by atoms with E-state index in [4.69, 9.17) is 0 Å². The molecule has 1 heterocycles. The molecule has 0 unspecified atom stereocenters. The largest absolute Gasteiger partial charge is 0.309 e. The maximum absolute atomic E-state index is 2.54. The van der Waals surface area contributed by atoms with E-state index in [1.54, 1.807) is 0 Å². The first-order valence-corrected chi connectivity index (χ1v) is 13.3. The van der Waals surface area contributed by atoms with E-state index >= 15 is 0 Å². The molecule has 0 N–H and O–H groups in total. The highest BCUT2D eigenvalue weighted by molar-refractivity contribution is 6.14. The zero-order valence-corrected chi connectivity index (χ0v) is 21.8. The van der Waals surface area contributed by atoms with E-state index in [-0.39, 0.29) is 10.8 Å². The van der Waals surface area contributed by atoms with E-state index < -0.39 is 0 Å². The van der Waals surface area contributed by atoms with E-state index in [2.05, 4.69) is 135 Å². The van der Waals surface area contributed by atoms with Crippen molar-refractivity contribution in [3.63, 3.8) is 0 Å². The Hall–Kier alpha value is -4.10. The number of rotatable bonds is 1. The summed E-state index contributed by atoms with van der Waals surface area (Å²) in [4.78, 5) is 0. The topological polar surface area (TPSA) is 4.93 Å². The average Bonchev–Trinajstić information content (AvgIpc) is 3.46. The predicted octanol–water partition coefficient (Wildman–Crippen LogP) is 9.40. The molecule has 1 nitrogen and oxygen atoms in total. The Morgan fingerprint density at radius 3 is 1.76 bits per heavy atom. The van der Waals surface area contributed by atoms with Gasteiger partial charge < -0.3 is 4.57 Å². The Morgan fingerprint density at radius 1 is 0.459 bits per heavy atom. The number of nitrogens with zero attached hydrogens (tertiary/aromatic N) is 1. The molecule has 0 spiro atoms. The molecule has 6 aromatic rings. The third-order valence-electron chi connectivity index (χ3n) is 9.15. The summed E-state index contributed by atoms with van der Waals surface area (Å²) in [5.74, 6) is 0. The fourth-order valence-electron chi connectivity index (χ4n) is 7.60. The van der Waals surface area contributed by atoms with Crippen molar-refractivity contribution in [2.45, 2.75) is 38.5 Å². The van der Waals surface area contributed by atoms with Crippen molar-refractivity contribution in [3.05, 3.63) is 125 Å². The van der Waals surface area contributed by atoms with Crippen LogP contribution in [0.2, 0.25) is 0 Å². The molecule has 178 valence electrons. The molecular weight excluding hydrogens is 446 g/mol. The van der Waals surface area contributed by atoms with E-state index in [9.17, 15) is 0 Å². The predicted molar refractivity (Wildman–Crippen MR) is 156 cm³/mol. The van der Waals surface area contributed by atoms with Crippen LogP contribution in [0.25, 0.3) is 49.7 Å². The van der Waals surface area contributed by atoms with E-state index in [0.29, 0.717) is 0 Å². The van der Waals surface area contributed by atoms with E-state index in [1.165, 1.54) is 72.0 Å². The number of para-hydroxylation sites is 1. The molecule has 0 bridgehead atoms. The van der Waals surface area contributed by atoms with Crippen molar-refractivity contribution in [1.82, 2.24) is 4.57 Å². The highest BCUT2D eigenvalue weighted by atomic mass is 15.0. The first kappa shape index (κ1) is 21.0. The van der Waals surface area contributed by atoms with Crippen molar-refractivity contribution in [1.29, 1.82) is 0 Å². The monoisotopic (exact) mass is 475 g/mol. The zero-order valence-electron chi connectivity index (χ0n) is 21.8. The molecule has 2 aliphatic rings. The molecule has 0 amide bonds. The molecule has 0 fully saturated rings. The summed E-state index contributed by atoms with van der Waals surface area (Å²) in [5.41, 5.74) is 14.9. The van der Waals surface area contributed by atoms with Crippen LogP contribution in [0.15, 0.2) is 103 Å². The molecule has 5 aromatic carbocycles. The highest BCUT2D eigenvalue weighted by Crippen LogP contribution is 2.55. The van der Waals surface area contributed by atoms with Gasteiger partial charge in [0.2, 0.25) is 0 Å². The first-order chi connectivity index (χ1) is 17.9. The number of fused-ring (bicyclic) bond motifs is 10. The van der Waals surface area contributed by atoms with E-state index in [1.807, 2.05) is 0 Å².